The smallest absolute Gasteiger partial charge is 0.119 e. The number of rotatable bonds is 4. The summed E-state index contributed by atoms with van der Waals surface area (Å²) in [6.07, 6.45) is 0.770. The van der Waals surface area contributed by atoms with Gasteiger partial charge < -0.3 is 4.74 Å². The Morgan fingerprint density at radius 3 is 2.71 bits per heavy atom. The van der Waals surface area contributed by atoms with E-state index in [1.165, 1.54) is 10.9 Å². The van der Waals surface area contributed by atoms with Crippen LogP contribution >= 0.6 is 0 Å². The second kappa shape index (κ2) is 5.23. The van der Waals surface area contributed by atoms with Crippen molar-refractivity contribution in [2.75, 3.05) is 13.7 Å². The van der Waals surface area contributed by atoms with Crippen molar-refractivity contribution >= 4 is 10.8 Å². The summed E-state index contributed by atoms with van der Waals surface area (Å²) in [5, 5.41) is 5.86. The Labute approximate surface area is 99.5 Å². The lowest BCUT2D eigenvalue weighted by molar-refractivity contribution is 0.415. The maximum Gasteiger partial charge on any atom is 0.119 e. The number of hydrogen-bond acceptors (Lipinski definition) is 2. The average molecular weight is 227 g/mol. The summed E-state index contributed by atoms with van der Waals surface area (Å²) in [5.74, 6) is 0.860. The normalized spacial score (nSPS) is 9.94. The molecule has 0 atom stereocenters. The summed E-state index contributed by atoms with van der Waals surface area (Å²) in [5.41, 5.74) is 9.39. The molecule has 0 bridgehead atoms. The van der Waals surface area contributed by atoms with Gasteiger partial charge in [-0.25, -0.2) is 0 Å². The Bertz CT molecular complexity index is 574. The first kappa shape index (κ1) is 11.3. The van der Waals surface area contributed by atoms with Gasteiger partial charge in [-0.3, -0.25) is 0 Å². The third kappa shape index (κ3) is 2.68. The lowest BCUT2D eigenvalue weighted by Gasteiger charge is -2.04. The number of ether oxygens (including phenoxy) is 1. The number of nitrogens with zero attached hydrogens (tertiary/aromatic N) is 3. The first-order chi connectivity index (χ1) is 8.33. The highest BCUT2D eigenvalue weighted by atomic mass is 16.5. The van der Waals surface area contributed by atoms with Gasteiger partial charge in [-0.05, 0) is 40.4 Å². The molecule has 86 valence electrons. The molecule has 0 radical (unpaired) electrons. The van der Waals surface area contributed by atoms with Crippen molar-refractivity contribution in [3.8, 4) is 5.75 Å². The number of hydrogen-bond donors (Lipinski definition) is 0. The van der Waals surface area contributed by atoms with Crippen LogP contribution in [0.15, 0.2) is 41.5 Å². The quantitative estimate of drug-likeness (QED) is 0.446. The third-order valence-corrected chi connectivity index (χ3v) is 2.68. The van der Waals surface area contributed by atoms with Crippen LogP contribution in [0.4, 0.5) is 0 Å². The second-order valence-electron chi connectivity index (χ2n) is 3.75. The molecule has 0 aliphatic rings. The number of benzene rings is 2. The van der Waals surface area contributed by atoms with E-state index in [1.807, 2.05) is 18.2 Å². The molecule has 4 nitrogen and oxygen atoms in total. The van der Waals surface area contributed by atoms with E-state index in [2.05, 4.69) is 28.2 Å². The zero-order chi connectivity index (χ0) is 12.1. The van der Waals surface area contributed by atoms with E-state index in [4.69, 9.17) is 10.3 Å². The predicted molar refractivity (Wildman–Crippen MR) is 68.2 cm³/mol. The van der Waals surface area contributed by atoms with Gasteiger partial charge in [-0.1, -0.05) is 29.4 Å². The molecule has 0 saturated carbocycles. The van der Waals surface area contributed by atoms with Gasteiger partial charge in [0.25, 0.3) is 0 Å². The Morgan fingerprint density at radius 1 is 1.18 bits per heavy atom. The summed E-state index contributed by atoms with van der Waals surface area (Å²) in [6.45, 7) is 0.498. The van der Waals surface area contributed by atoms with Gasteiger partial charge in [0.1, 0.15) is 5.75 Å². The van der Waals surface area contributed by atoms with Crippen LogP contribution in [0.1, 0.15) is 5.56 Å². The number of fused-ring (bicyclic) bond motifs is 1. The Morgan fingerprint density at radius 2 is 1.94 bits per heavy atom. The maximum absolute atomic E-state index is 8.22. The van der Waals surface area contributed by atoms with Crippen LogP contribution in [0.2, 0.25) is 0 Å². The molecule has 0 N–H and O–H groups in total. The lowest BCUT2D eigenvalue weighted by atomic mass is 10.0. The van der Waals surface area contributed by atoms with E-state index in [0.717, 1.165) is 17.6 Å². The molecule has 0 aliphatic carbocycles. The molecule has 0 unspecified atom stereocenters. The van der Waals surface area contributed by atoms with Crippen LogP contribution < -0.4 is 4.74 Å². The predicted octanol–water partition coefficient (Wildman–Crippen LogP) is 3.70. The summed E-state index contributed by atoms with van der Waals surface area (Å²) in [7, 11) is 1.66. The van der Waals surface area contributed by atoms with E-state index in [9.17, 15) is 0 Å². The molecule has 0 aromatic heterocycles. The zero-order valence-corrected chi connectivity index (χ0v) is 9.63. The minimum absolute atomic E-state index is 0.498. The van der Waals surface area contributed by atoms with Crippen LogP contribution in [0.3, 0.4) is 0 Å². The fourth-order valence-electron chi connectivity index (χ4n) is 1.78. The summed E-state index contributed by atoms with van der Waals surface area (Å²) in [6, 6.07) is 12.2. The van der Waals surface area contributed by atoms with Crippen molar-refractivity contribution in [1.29, 1.82) is 0 Å². The molecule has 17 heavy (non-hydrogen) atoms. The highest BCUT2D eigenvalue weighted by molar-refractivity contribution is 5.84. The van der Waals surface area contributed by atoms with E-state index in [-0.39, 0.29) is 0 Å². The molecular weight excluding hydrogens is 214 g/mol. The molecule has 0 spiro atoms. The van der Waals surface area contributed by atoms with Gasteiger partial charge in [-0.15, -0.1) is 0 Å². The van der Waals surface area contributed by atoms with Gasteiger partial charge in [0.15, 0.2) is 0 Å². The van der Waals surface area contributed by atoms with Gasteiger partial charge >= 0.3 is 0 Å². The van der Waals surface area contributed by atoms with Gasteiger partial charge in [0.2, 0.25) is 0 Å². The van der Waals surface area contributed by atoms with Gasteiger partial charge in [-0.2, -0.15) is 0 Å². The minimum atomic E-state index is 0.498. The average Bonchev–Trinajstić information content (AvgIpc) is 2.38. The SMILES string of the molecule is COc1ccc2cc(CCN=[N+]=[N-])ccc2c1. The molecule has 2 aromatic rings. The molecule has 0 amide bonds. The van der Waals surface area contributed by atoms with E-state index >= 15 is 0 Å². The third-order valence-electron chi connectivity index (χ3n) is 2.68. The van der Waals surface area contributed by atoms with E-state index in [1.54, 1.807) is 7.11 Å². The Hall–Kier alpha value is -2.19. The monoisotopic (exact) mass is 227 g/mol. The Kier molecular flexibility index (Phi) is 3.48. The summed E-state index contributed by atoms with van der Waals surface area (Å²) >= 11 is 0. The van der Waals surface area contributed by atoms with Gasteiger partial charge in [0, 0.05) is 11.5 Å². The van der Waals surface area contributed by atoms with Crippen LogP contribution in [0, 0.1) is 0 Å². The molecule has 2 rings (SSSR count). The van der Waals surface area contributed by atoms with Crippen molar-refractivity contribution < 1.29 is 4.74 Å². The first-order valence-corrected chi connectivity index (χ1v) is 5.41. The molecule has 2 aromatic carbocycles. The molecular formula is C13H13N3O. The second-order valence-corrected chi connectivity index (χ2v) is 3.75. The molecule has 0 saturated heterocycles. The van der Waals surface area contributed by atoms with Crippen LogP contribution in [0.5, 0.6) is 5.75 Å². The van der Waals surface area contributed by atoms with Crippen LogP contribution in [-0.4, -0.2) is 13.7 Å². The fourth-order valence-corrected chi connectivity index (χ4v) is 1.78. The molecule has 0 fully saturated rings. The van der Waals surface area contributed by atoms with Crippen molar-refractivity contribution in [1.82, 2.24) is 0 Å². The maximum atomic E-state index is 8.22. The minimum Gasteiger partial charge on any atom is -0.497 e. The van der Waals surface area contributed by atoms with Crippen molar-refractivity contribution in [2.45, 2.75) is 6.42 Å². The summed E-state index contributed by atoms with van der Waals surface area (Å²) < 4.78 is 5.18. The molecule has 0 heterocycles. The standard InChI is InChI=1S/C13H13N3O/c1-17-13-5-4-11-8-10(6-7-15-16-14)2-3-12(11)9-13/h2-5,8-9H,6-7H2,1H3. The lowest BCUT2D eigenvalue weighted by Crippen LogP contribution is -1.89. The highest BCUT2D eigenvalue weighted by Gasteiger charge is 1.98. The summed E-state index contributed by atoms with van der Waals surface area (Å²) in [4.78, 5) is 2.74. The topological polar surface area (TPSA) is 58.0 Å². The van der Waals surface area contributed by atoms with E-state index in [0.29, 0.717) is 6.54 Å². The fraction of sp³-hybridized carbons (Fsp3) is 0.231. The highest BCUT2D eigenvalue weighted by Crippen LogP contribution is 2.21. The van der Waals surface area contributed by atoms with Crippen molar-refractivity contribution in [2.24, 2.45) is 5.11 Å². The largest absolute Gasteiger partial charge is 0.497 e. The first-order valence-electron chi connectivity index (χ1n) is 5.41. The zero-order valence-electron chi connectivity index (χ0n) is 9.63. The van der Waals surface area contributed by atoms with Crippen LogP contribution in [0.25, 0.3) is 21.2 Å². The number of azide groups is 1. The Balaban J connectivity index is 2.28. The van der Waals surface area contributed by atoms with Gasteiger partial charge in [0.05, 0.1) is 7.11 Å². The van der Waals surface area contributed by atoms with E-state index < -0.39 is 0 Å². The van der Waals surface area contributed by atoms with Crippen molar-refractivity contribution in [3.63, 3.8) is 0 Å². The van der Waals surface area contributed by atoms with Crippen molar-refractivity contribution in [3.05, 3.63) is 52.4 Å². The molecule has 0 aliphatic heterocycles. The van der Waals surface area contributed by atoms with Crippen LogP contribution in [-0.2, 0) is 6.42 Å². The molecule has 4 heteroatoms. The number of methoxy groups -OCH3 is 1.